The molecular weight excluding hydrogens is 218 g/mol. The summed E-state index contributed by atoms with van der Waals surface area (Å²) in [7, 11) is 1.65. The lowest BCUT2D eigenvalue weighted by Gasteiger charge is -2.13. The zero-order valence-corrected chi connectivity index (χ0v) is 10.1. The molecule has 2 N–H and O–H groups in total. The van der Waals surface area contributed by atoms with Crippen LogP contribution < -0.4 is 10.1 Å². The molecule has 0 fully saturated rings. The van der Waals surface area contributed by atoms with Gasteiger partial charge in [0, 0.05) is 18.9 Å². The molecule has 92 valence electrons. The maximum Gasteiger partial charge on any atom is 0.303 e. The van der Waals surface area contributed by atoms with Crippen LogP contribution >= 0.6 is 0 Å². The second kappa shape index (κ2) is 4.65. The van der Waals surface area contributed by atoms with Gasteiger partial charge in [0.1, 0.15) is 5.75 Å². The molecule has 1 atom stereocenters. The number of benzene rings is 1. The smallest absolute Gasteiger partial charge is 0.303 e. The fourth-order valence-electron chi connectivity index (χ4n) is 2.45. The van der Waals surface area contributed by atoms with Crippen LogP contribution in [0.3, 0.4) is 0 Å². The Morgan fingerprint density at radius 3 is 3.00 bits per heavy atom. The minimum Gasteiger partial charge on any atom is -0.495 e. The Labute approximate surface area is 101 Å². The first-order valence-electron chi connectivity index (χ1n) is 5.76. The third-order valence-electron chi connectivity index (χ3n) is 3.29. The Kier molecular flexibility index (Phi) is 3.22. The third kappa shape index (κ3) is 2.20. The molecule has 1 aromatic rings. The standard InChI is InChI=1S/C13H17NO3/c1-8-3-5-10(17-2)13-12(8)9(7-14-13)4-6-11(15)16/h3,5,9,14H,4,6-7H2,1-2H3,(H,15,16). The average Bonchev–Trinajstić information content (AvgIpc) is 2.72. The number of ether oxygens (including phenoxy) is 1. The van der Waals surface area contributed by atoms with Crippen LogP contribution in [0.2, 0.25) is 0 Å². The summed E-state index contributed by atoms with van der Waals surface area (Å²) in [6, 6.07) is 3.97. The summed E-state index contributed by atoms with van der Waals surface area (Å²) >= 11 is 0. The Balaban J connectivity index is 2.27. The van der Waals surface area contributed by atoms with Crippen LogP contribution in [0.25, 0.3) is 0 Å². The minimum absolute atomic E-state index is 0.211. The highest BCUT2D eigenvalue weighted by atomic mass is 16.5. The van der Waals surface area contributed by atoms with Crippen LogP contribution in [-0.4, -0.2) is 24.7 Å². The van der Waals surface area contributed by atoms with Gasteiger partial charge in [-0.15, -0.1) is 0 Å². The summed E-state index contributed by atoms with van der Waals surface area (Å²) in [5.74, 6) is 0.374. The summed E-state index contributed by atoms with van der Waals surface area (Å²) in [5.41, 5.74) is 3.44. The van der Waals surface area contributed by atoms with E-state index in [-0.39, 0.29) is 12.3 Å². The SMILES string of the molecule is COc1ccc(C)c2c1NCC2CCC(=O)O. The van der Waals surface area contributed by atoms with Gasteiger partial charge in [0.25, 0.3) is 0 Å². The number of aliphatic carboxylic acids is 1. The molecule has 0 saturated heterocycles. The highest BCUT2D eigenvalue weighted by Gasteiger charge is 2.27. The fraction of sp³-hybridized carbons (Fsp3) is 0.462. The number of aryl methyl sites for hydroxylation is 1. The van der Waals surface area contributed by atoms with Crippen LogP contribution in [-0.2, 0) is 4.79 Å². The first-order chi connectivity index (χ1) is 8.13. The molecule has 0 amide bonds. The van der Waals surface area contributed by atoms with E-state index >= 15 is 0 Å². The number of hydrogen-bond donors (Lipinski definition) is 2. The van der Waals surface area contributed by atoms with E-state index in [2.05, 4.69) is 12.2 Å². The Morgan fingerprint density at radius 2 is 2.35 bits per heavy atom. The Hall–Kier alpha value is -1.71. The average molecular weight is 235 g/mol. The van der Waals surface area contributed by atoms with E-state index in [4.69, 9.17) is 9.84 Å². The van der Waals surface area contributed by atoms with Gasteiger partial charge in [-0.05, 0) is 30.5 Å². The van der Waals surface area contributed by atoms with Gasteiger partial charge in [0.2, 0.25) is 0 Å². The quantitative estimate of drug-likeness (QED) is 0.841. The fourth-order valence-corrected chi connectivity index (χ4v) is 2.45. The number of anilines is 1. The molecule has 1 unspecified atom stereocenters. The van der Waals surface area contributed by atoms with Crippen LogP contribution in [0.15, 0.2) is 12.1 Å². The second-order valence-corrected chi connectivity index (χ2v) is 4.38. The number of methoxy groups -OCH3 is 1. The predicted octanol–water partition coefficient (Wildman–Crippen LogP) is 2.38. The van der Waals surface area contributed by atoms with E-state index in [1.54, 1.807) is 7.11 Å². The third-order valence-corrected chi connectivity index (χ3v) is 3.29. The molecule has 1 heterocycles. The molecule has 0 spiro atoms. The minimum atomic E-state index is -0.737. The normalized spacial score (nSPS) is 17.4. The maximum atomic E-state index is 10.6. The van der Waals surface area contributed by atoms with Crippen molar-refractivity contribution >= 4 is 11.7 Å². The number of fused-ring (bicyclic) bond motifs is 1. The van der Waals surface area contributed by atoms with Crippen molar-refractivity contribution < 1.29 is 14.6 Å². The molecule has 17 heavy (non-hydrogen) atoms. The molecule has 0 saturated carbocycles. The topological polar surface area (TPSA) is 58.6 Å². The van der Waals surface area contributed by atoms with E-state index in [0.29, 0.717) is 6.42 Å². The zero-order chi connectivity index (χ0) is 12.4. The number of carboxylic acid groups (broad SMARTS) is 1. The lowest BCUT2D eigenvalue weighted by atomic mass is 9.92. The van der Waals surface area contributed by atoms with Crippen molar-refractivity contribution in [3.8, 4) is 5.75 Å². The van der Waals surface area contributed by atoms with Gasteiger partial charge in [-0.2, -0.15) is 0 Å². The molecule has 0 aliphatic carbocycles. The Morgan fingerprint density at radius 1 is 1.59 bits per heavy atom. The molecule has 4 nitrogen and oxygen atoms in total. The van der Waals surface area contributed by atoms with Gasteiger partial charge >= 0.3 is 5.97 Å². The van der Waals surface area contributed by atoms with Gasteiger partial charge in [-0.25, -0.2) is 0 Å². The first kappa shape index (κ1) is 11.8. The van der Waals surface area contributed by atoms with E-state index in [1.165, 1.54) is 11.1 Å². The molecule has 4 heteroatoms. The van der Waals surface area contributed by atoms with Gasteiger partial charge in [0.05, 0.1) is 12.8 Å². The largest absolute Gasteiger partial charge is 0.495 e. The van der Waals surface area contributed by atoms with Gasteiger partial charge < -0.3 is 15.2 Å². The van der Waals surface area contributed by atoms with Crippen LogP contribution in [0.5, 0.6) is 5.75 Å². The monoisotopic (exact) mass is 235 g/mol. The summed E-state index contributed by atoms with van der Waals surface area (Å²) in [4.78, 5) is 10.6. The van der Waals surface area contributed by atoms with Crippen LogP contribution in [0.1, 0.15) is 29.9 Å². The molecule has 2 rings (SSSR count). The van der Waals surface area contributed by atoms with E-state index in [9.17, 15) is 4.79 Å². The summed E-state index contributed by atoms with van der Waals surface area (Å²) in [5, 5.41) is 12.1. The number of rotatable bonds is 4. The zero-order valence-electron chi connectivity index (χ0n) is 10.1. The highest BCUT2D eigenvalue weighted by molar-refractivity contribution is 5.70. The molecular formula is C13H17NO3. The molecule has 0 bridgehead atoms. The summed E-state index contributed by atoms with van der Waals surface area (Å²) in [6.45, 7) is 2.85. The molecule has 1 aromatic carbocycles. The predicted molar refractivity (Wildman–Crippen MR) is 65.8 cm³/mol. The van der Waals surface area contributed by atoms with Crippen molar-refractivity contribution in [2.45, 2.75) is 25.7 Å². The lowest BCUT2D eigenvalue weighted by molar-refractivity contribution is -0.137. The summed E-state index contributed by atoms with van der Waals surface area (Å²) < 4.78 is 5.31. The summed E-state index contributed by atoms with van der Waals surface area (Å²) in [6.07, 6.45) is 0.881. The van der Waals surface area contributed by atoms with Gasteiger partial charge in [-0.3, -0.25) is 4.79 Å². The van der Waals surface area contributed by atoms with Crippen molar-refractivity contribution in [1.29, 1.82) is 0 Å². The van der Waals surface area contributed by atoms with Crippen molar-refractivity contribution in [2.75, 3.05) is 19.0 Å². The molecule has 0 aromatic heterocycles. The van der Waals surface area contributed by atoms with E-state index < -0.39 is 5.97 Å². The Bertz CT molecular complexity index is 443. The molecule has 1 aliphatic heterocycles. The van der Waals surface area contributed by atoms with Gasteiger partial charge in [0.15, 0.2) is 0 Å². The number of carboxylic acids is 1. The maximum absolute atomic E-state index is 10.6. The lowest BCUT2D eigenvalue weighted by Crippen LogP contribution is -2.05. The van der Waals surface area contributed by atoms with Crippen LogP contribution in [0.4, 0.5) is 5.69 Å². The number of hydrogen-bond acceptors (Lipinski definition) is 3. The van der Waals surface area contributed by atoms with Gasteiger partial charge in [-0.1, -0.05) is 6.07 Å². The van der Waals surface area contributed by atoms with E-state index in [0.717, 1.165) is 18.0 Å². The highest BCUT2D eigenvalue weighted by Crippen LogP contribution is 2.42. The van der Waals surface area contributed by atoms with Crippen LogP contribution in [0, 0.1) is 6.92 Å². The van der Waals surface area contributed by atoms with Crippen molar-refractivity contribution in [1.82, 2.24) is 0 Å². The van der Waals surface area contributed by atoms with Crippen molar-refractivity contribution in [2.24, 2.45) is 0 Å². The van der Waals surface area contributed by atoms with E-state index in [1.807, 2.05) is 12.1 Å². The first-order valence-corrected chi connectivity index (χ1v) is 5.76. The number of nitrogens with one attached hydrogen (secondary N) is 1. The second-order valence-electron chi connectivity index (χ2n) is 4.38. The van der Waals surface area contributed by atoms with Crippen molar-refractivity contribution in [3.63, 3.8) is 0 Å². The molecule has 1 aliphatic rings. The molecule has 0 radical (unpaired) electrons. The van der Waals surface area contributed by atoms with Crippen molar-refractivity contribution in [3.05, 3.63) is 23.3 Å². The number of carbonyl (C=O) groups is 1.